The van der Waals surface area contributed by atoms with E-state index in [2.05, 4.69) is 17.2 Å². The molecule has 5 heteroatoms. The summed E-state index contributed by atoms with van der Waals surface area (Å²) in [5.74, 6) is 0.235. The van der Waals surface area contributed by atoms with E-state index in [9.17, 15) is 4.79 Å². The summed E-state index contributed by atoms with van der Waals surface area (Å²) >= 11 is 0. The molecule has 0 fully saturated rings. The highest BCUT2D eigenvalue weighted by molar-refractivity contribution is 5.46. The van der Waals surface area contributed by atoms with Gasteiger partial charge in [-0.25, -0.2) is 5.26 Å². The SMILES string of the molecule is CCCCCCCC(C)C(NC=O)N(C)OO. The number of carbonyl (C=O) groups excluding carboxylic acids is 1. The van der Waals surface area contributed by atoms with Crippen LogP contribution in [0.5, 0.6) is 0 Å². The van der Waals surface area contributed by atoms with Crippen molar-refractivity contribution in [1.29, 1.82) is 0 Å². The summed E-state index contributed by atoms with van der Waals surface area (Å²) in [6, 6.07) is 0. The molecule has 0 aliphatic carbocycles. The van der Waals surface area contributed by atoms with Crippen LogP contribution in [0.25, 0.3) is 0 Å². The molecule has 1 amide bonds. The molecule has 2 atom stereocenters. The van der Waals surface area contributed by atoms with Gasteiger partial charge in [0.1, 0.15) is 6.17 Å². The normalized spacial score (nSPS) is 14.6. The van der Waals surface area contributed by atoms with Gasteiger partial charge in [-0.15, -0.1) is 10.1 Å². The van der Waals surface area contributed by atoms with E-state index in [-0.39, 0.29) is 12.1 Å². The topological polar surface area (TPSA) is 61.8 Å². The molecular weight excluding hydrogens is 220 g/mol. The molecule has 17 heavy (non-hydrogen) atoms. The molecule has 102 valence electrons. The summed E-state index contributed by atoms with van der Waals surface area (Å²) in [6.07, 6.45) is 7.49. The van der Waals surface area contributed by atoms with E-state index in [1.165, 1.54) is 30.7 Å². The predicted molar refractivity (Wildman–Crippen MR) is 67.0 cm³/mol. The van der Waals surface area contributed by atoms with Crippen molar-refractivity contribution in [2.45, 2.75) is 58.5 Å². The van der Waals surface area contributed by atoms with Gasteiger partial charge in [0.2, 0.25) is 6.41 Å². The van der Waals surface area contributed by atoms with Crippen LogP contribution >= 0.6 is 0 Å². The maximum atomic E-state index is 10.5. The molecule has 0 rings (SSSR count). The van der Waals surface area contributed by atoms with Crippen LogP contribution in [0.3, 0.4) is 0 Å². The number of hydroxylamine groups is 2. The molecule has 0 spiro atoms. The van der Waals surface area contributed by atoms with Gasteiger partial charge in [-0.3, -0.25) is 4.79 Å². The average Bonchev–Trinajstić information content (AvgIpc) is 2.34. The fourth-order valence-electron chi connectivity index (χ4n) is 1.98. The molecule has 0 aromatic rings. The zero-order valence-corrected chi connectivity index (χ0v) is 11.2. The van der Waals surface area contributed by atoms with E-state index in [0.29, 0.717) is 6.41 Å². The molecule has 0 bridgehead atoms. The highest BCUT2D eigenvalue weighted by Crippen LogP contribution is 2.16. The Morgan fingerprint density at radius 1 is 1.35 bits per heavy atom. The minimum Gasteiger partial charge on any atom is -0.341 e. The van der Waals surface area contributed by atoms with Crippen LogP contribution < -0.4 is 5.32 Å². The van der Waals surface area contributed by atoms with Crippen LogP contribution in [-0.4, -0.2) is 29.9 Å². The lowest BCUT2D eigenvalue weighted by Gasteiger charge is -2.28. The number of nitrogens with one attached hydrogen (secondary N) is 1. The van der Waals surface area contributed by atoms with Crippen LogP contribution in [0, 0.1) is 5.92 Å². The monoisotopic (exact) mass is 246 g/mol. The number of hydrogen-bond donors (Lipinski definition) is 2. The number of carbonyl (C=O) groups is 1. The van der Waals surface area contributed by atoms with E-state index in [4.69, 9.17) is 5.26 Å². The van der Waals surface area contributed by atoms with Crippen LogP contribution in [0.4, 0.5) is 0 Å². The summed E-state index contributed by atoms with van der Waals surface area (Å²) < 4.78 is 0. The number of unbranched alkanes of at least 4 members (excludes halogenated alkanes) is 4. The Hall–Kier alpha value is -0.650. The van der Waals surface area contributed by atoms with Crippen LogP contribution in [0.2, 0.25) is 0 Å². The number of hydrogen-bond acceptors (Lipinski definition) is 4. The van der Waals surface area contributed by atoms with Crippen molar-refractivity contribution in [1.82, 2.24) is 10.4 Å². The van der Waals surface area contributed by atoms with Crippen molar-refractivity contribution in [3.63, 3.8) is 0 Å². The summed E-state index contributed by atoms with van der Waals surface area (Å²) in [4.78, 5) is 14.6. The zero-order valence-electron chi connectivity index (χ0n) is 11.2. The van der Waals surface area contributed by atoms with Gasteiger partial charge in [0.05, 0.1) is 0 Å². The molecule has 2 unspecified atom stereocenters. The van der Waals surface area contributed by atoms with Gasteiger partial charge < -0.3 is 5.32 Å². The Balaban J connectivity index is 3.88. The second kappa shape index (κ2) is 10.5. The van der Waals surface area contributed by atoms with Gasteiger partial charge in [-0.2, -0.15) is 0 Å². The number of amides is 1. The number of nitrogens with zero attached hydrogens (tertiary/aromatic N) is 1. The minimum atomic E-state index is -0.288. The van der Waals surface area contributed by atoms with Crippen molar-refractivity contribution in [2.24, 2.45) is 5.92 Å². The lowest BCUT2D eigenvalue weighted by Crippen LogP contribution is -2.46. The third-order valence-electron chi connectivity index (χ3n) is 3.06. The van der Waals surface area contributed by atoms with Crippen molar-refractivity contribution >= 4 is 6.41 Å². The fourth-order valence-corrected chi connectivity index (χ4v) is 1.98. The highest BCUT2D eigenvalue weighted by Gasteiger charge is 2.21. The van der Waals surface area contributed by atoms with E-state index >= 15 is 0 Å². The Morgan fingerprint density at radius 3 is 2.53 bits per heavy atom. The Morgan fingerprint density at radius 2 is 2.00 bits per heavy atom. The predicted octanol–water partition coefficient (Wildman–Crippen LogP) is 2.39. The first-order valence-corrected chi connectivity index (χ1v) is 6.41. The van der Waals surface area contributed by atoms with Gasteiger partial charge in [-0.1, -0.05) is 46.0 Å². The Labute approximate surface area is 104 Å². The Kier molecular flexibility index (Phi) is 10.1. The summed E-state index contributed by atoms with van der Waals surface area (Å²) in [5, 5.41) is 12.5. The highest BCUT2D eigenvalue weighted by atomic mass is 17.2. The first-order valence-electron chi connectivity index (χ1n) is 6.41. The summed E-state index contributed by atoms with van der Waals surface area (Å²) in [5.41, 5.74) is 0. The molecule has 5 nitrogen and oxygen atoms in total. The van der Waals surface area contributed by atoms with Crippen molar-refractivity contribution in [2.75, 3.05) is 7.05 Å². The van der Waals surface area contributed by atoms with Gasteiger partial charge >= 0.3 is 0 Å². The van der Waals surface area contributed by atoms with Crippen LogP contribution in [0.15, 0.2) is 0 Å². The van der Waals surface area contributed by atoms with E-state index in [0.717, 1.165) is 12.8 Å². The second-order valence-corrected chi connectivity index (χ2v) is 4.54. The third-order valence-corrected chi connectivity index (χ3v) is 3.06. The molecule has 2 N–H and O–H groups in total. The molecular formula is C12H26N2O3. The third kappa shape index (κ3) is 7.31. The van der Waals surface area contributed by atoms with Gasteiger partial charge in [0.15, 0.2) is 0 Å². The van der Waals surface area contributed by atoms with Crippen LogP contribution in [-0.2, 0) is 9.78 Å². The lowest BCUT2D eigenvalue weighted by atomic mass is 9.99. The largest absolute Gasteiger partial charge is 0.341 e. The van der Waals surface area contributed by atoms with Gasteiger partial charge in [-0.05, 0) is 12.3 Å². The molecule has 0 saturated carbocycles. The van der Waals surface area contributed by atoms with E-state index in [1.54, 1.807) is 7.05 Å². The minimum absolute atomic E-state index is 0.235. The molecule has 0 aliphatic rings. The zero-order chi connectivity index (χ0) is 13.1. The van der Waals surface area contributed by atoms with Crippen molar-refractivity contribution in [3.8, 4) is 0 Å². The summed E-state index contributed by atoms with van der Waals surface area (Å²) in [7, 11) is 1.59. The maximum absolute atomic E-state index is 10.5. The standard InChI is InChI=1S/C12H26N2O3/c1-4-5-6-7-8-9-11(2)12(13-10-15)14(3)17-16/h10-12,16H,4-9H2,1-3H3,(H,13,15). The average molecular weight is 246 g/mol. The van der Waals surface area contributed by atoms with E-state index < -0.39 is 0 Å². The lowest BCUT2D eigenvalue weighted by molar-refractivity contribution is -0.404. The molecule has 0 radical (unpaired) electrons. The van der Waals surface area contributed by atoms with Crippen molar-refractivity contribution < 1.29 is 15.0 Å². The van der Waals surface area contributed by atoms with E-state index in [1.807, 2.05) is 6.92 Å². The molecule has 0 aliphatic heterocycles. The quantitative estimate of drug-likeness (QED) is 0.193. The first-order chi connectivity index (χ1) is 8.17. The molecule has 0 aromatic heterocycles. The molecule has 0 heterocycles. The second-order valence-electron chi connectivity index (χ2n) is 4.54. The smallest absolute Gasteiger partial charge is 0.208 e. The first kappa shape index (κ1) is 16.4. The molecule has 0 aromatic carbocycles. The Bertz CT molecular complexity index is 191. The van der Waals surface area contributed by atoms with Crippen LogP contribution in [0.1, 0.15) is 52.4 Å². The van der Waals surface area contributed by atoms with Gasteiger partial charge in [0.25, 0.3) is 0 Å². The fraction of sp³-hybridized carbons (Fsp3) is 0.917. The number of rotatable bonds is 11. The van der Waals surface area contributed by atoms with Gasteiger partial charge in [0, 0.05) is 7.05 Å². The molecule has 0 saturated heterocycles. The van der Waals surface area contributed by atoms with Crippen molar-refractivity contribution in [3.05, 3.63) is 0 Å². The maximum Gasteiger partial charge on any atom is 0.208 e. The summed E-state index contributed by atoms with van der Waals surface area (Å²) in [6.45, 7) is 4.23.